The third-order valence-corrected chi connectivity index (χ3v) is 1.85. The molecule has 0 aliphatic rings. The second kappa shape index (κ2) is 2.31. The Hall–Kier alpha value is -1.89. The molecule has 2 rings (SSSR count). The van der Waals surface area contributed by atoms with Crippen molar-refractivity contribution in [3.63, 3.8) is 0 Å². The molecule has 2 heterocycles. The highest BCUT2D eigenvalue weighted by Crippen LogP contribution is 2.13. The quantitative estimate of drug-likeness (QED) is 0.572. The van der Waals surface area contributed by atoms with Gasteiger partial charge in [-0.25, -0.2) is 9.50 Å². The van der Waals surface area contributed by atoms with Crippen LogP contribution >= 0.6 is 0 Å². The lowest BCUT2D eigenvalue weighted by atomic mass is 10.2. The molecule has 0 fully saturated rings. The molecule has 0 aliphatic heterocycles. The fraction of sp³-hybridized carbons (Fsp3) is 0.125. The molecular weight excluding hydrogens is 152 g/mol. The zero-order valence-electron chi connectivity index (χ0n) is 6.52. The molecule has 0 aliphatic carbocycles. The molecule has 0 bridgehead atoms. The summed E-state index contributed by atoms with van der Waals surface area (Å²) in [5, 5.41) is 12.7. The van der Waals surface area contributed by atoms with Crippen LogP contribution in [0.3, 0.4) is 0 Å². The van der Waals surface area contributed by atoms with E-state index in [2.05, 4.69) is 16.2 Å². The van der Waals surface area contributed by atoms with Gasteiger partial charge in [0.1, 0.15) is 12.4 Å². The maximum Gasteiger partial charge on any atom is 0.136 e. The molecule has 0 aromatic carbocycles. The predicted octanol–water partition coefficient (Wildman–Crippen LogP) is 0.909. The fourth-order valence-electron chi connectivity index (χ4n) is 1.15. The van der Waals surface area contributed by atoms with Gasteiger partial charge in [0.2, 0.25) is 0 Å². The van der Waals surface area contributed by atoms with E-state index >= 15 is 0 Å². The highest BCUT2D eigenvalue weighted by Gasteiger charge is 2.04. The Morgan fingerprint density at radius 1 is 1.58 bits per heavy atom. The zero-order valence-corrected chi connectivity index (χ0v) is 6.52. The summed E-state index contributed by atoms with van der Waals surface area (Å²) in [6.07, 6.45) is 4.85. The van der Waals surface area contributed by atoms with Crippen LogP contribution in [0.25, 0.3) is 5.52 Å². The molecule has 4 nitrogen and oxygen atoms in total. The second-order valence-electron chi connectivity index (χ2n) is 2.52. The van der Waals surface area contributed by atoms with Gasteiger partial charge in [-0.1, -0.05) is 0 Å². The summed E-state index contributed by atoms with van der Waals surface area (Å²) in [5.41, 5.74) is 2.46. The minimum absolute atomic E-state index is 0.649. The summed E-state index contributed by atoms with van der Waals surface area (Å²) in [7, 11) is 0. The summed E-state index contributed by atoms with van der Waals surface area (Å²) in [6, 6.07) is 2.10. The number of fused-ring (bicyclic) bond motifs is 1. The molecule has 0 saturated carbocycles. The Morgan fingerprint density at radius 2 is 2.42 bits per heavy atom. The standard InChI is InChI=1S/C8H6N4/c1-6-7(2-9)4-12-8(6)3-10-5-11-12/h3-5H,1H3. The third-order valence-electron chi connectivity index (χ3n) is 1.85. The van der Waals surface area contributed by atoms with Crippen molar-refractivity contribution in [1.29, 1.82) is 5.26 Å². The average molecular weight is 158 g/mol. The molecule has 0 atom stereocenters. The van der Waals surface area contributed by atoms with Crippen molar-refractivity contribution in [3.8, 4) is 6.07 Å². The third kappa shape index (κ3) is 0.768. The molecule has 2 aromatic rings. The van der Waals surface area contributed by atoms with Gasteiger partial charge in [-0.3, -0.25) is 0 Å². The molecule has 0 N–H and O–H groups in total. The highest BCUT2D eigenvalue weighted by molar-refractivity contribution is 5.59. The largest absolute Gasteiger partial charge is 0.241 e. The molecule has 12 heavy (non-hydrogen) atoms. The van der Waals surface area contributed by atoms with Crippen LogP contribution in [-0.2, 0) is 0 Å². The highest BCUT2D eigenvalue weighted by atomic mass is 15.2. The van der Waals surface area contributed by atoms with Crippen LogP contribution in [0.15, 0.2) is 18.7 Å². The smallest absolute Gasteiger partial charge is 0.136 e. The van der Waals surface area contributed by atoms with E-state index in [9.17, 15) is 0 Å². The summed E-state index contributed by atoms with van der Waals surface area (Å²) in [5.74, 6) is 0. The summed E-state index contributed by atoms with van der Waals surface area (Å²) >= 11 is 0. The van der Waals surface area contributed by atoms with Crippen molar-refractivity contribution in [3.05, 3.63) is 29.8 Å². The Bertz CT molecular complexity index is 463. The number of nitriles is 1. The maximum absolute atomic E-state index is 8.71. The SMILES string of the molecule is Cc1c(C#N)cn2ncncc12. The molecule has 4 heteroatoms. The maximum atomic E-state index is 8.71. The van der Waals surface area contributed by atoms with Crippen LogP contribution in [-0.4, -0.2) is 14.6 Å². The molecular formula is C8H6N4. The average Bonchev–Trinajstić information content (AvgIpc) is 2.44. The first-order valence-corrected chi connectivity index (χ1v) is 3.51. The van der Waals surface area contributed by atoms with Crippen LogP contribution in [0.5, 0.6) is 0 Å². The molecule has 58 valence electrons. The first kappa shape index (κ1) is 6.80. The molecule has 0 radical (unpaired) electrons. The Balaban J connectivity index is 2.90. The van der Waals surface area contributed by atoms with E-state index < -0.39 is 0 Å². The van der Waals surface area contributed by atoms with E-state index in [0.29, 0.717) is 5.56 Å². The van der Waals surface area contributed by atoms with Gasteiger partial charge in [0, 0.05) is 6.20 Å². The van der Waals surface area contributed by atoms with Gasteiger partial charge < -0.3 is 0 Å². The van der Waals surface area contributed by atoms with Crippen LogP contribution in [0.4, 0.5) is 0 Å². The number of aryl methyl sites for hydroxylation is 1. The first-order valence-electron chi connectivity index (χ1n) is 3.51. The normalized spacial score (nSPS) is 10.0. The Labute approximate surface area is 69.1 Å². The lowest BCUT2D eigenvalue weighted by Gasteiger charge is -1.89. The van der Waals surface area contributed by atoms with Crippen molar-refractivity contribution >= 4 is 5.52 Å². The van der Waals surface area contributed by atoms with Gasteiger partial charge >= 0.3 is 0 Å². The zero-order chi connectivity index (χ0) is 8.55. The van der Waals surface area contributed by atoms with Crippen molar-refractivity contribution < 1.29 is 0 Å². The number of nitrogens with zero attached hydrogens (tertiary/aromatic N) is 4. The Kier molecular flexibility index (Phi) is 1.31. The van der Waals surface area contributed by atoms with Crippen LogP contribution < -0.4 is 0 Å². The lowest BCUT2D eigenvalue weighted by Crippen LogP contribution is -1.88. The lowest BCUT2D eigenvalue weighted by molar-refractivity contribution is 0.901. The number of hydrogen-bond acceptors (Lipinski definition) is 3. The van der Waals surface area contributed by atoms with E-state index in [4.69, 9.17) is 5.26 Å². The minimum Gasteiger partial charge on any atom is -0.241 e. The number of rotatable bonds is 0. The minimum atomic E-state index is 0.649. The van der Waals surface area contributed by atoms with Crippen LogP contribution in [0.1, 0.15) is 11.1 Å². The van der Waals surface area contributed by atoms with Crippen molar-refractivity contribution in [2.45, 2.75) is 6.92 Å². The topological polar surface area (TPSA) is 54.0 Å². The van der Waals surface area contributed by atoms with E-state index in [-0.39, 0.29) is 0 Å². The monoisotopic (exact) mass is 158 g/mol. The summed E-state index contributed by atoms with van der Waals surface area (Å²) < 4.78 is 1.65. The molecule has 0 amide bonds. The summed E-state index contributed by atoms with van der Waals surface area (Å²) in [6.45, 7) is 1.89. The molecule has 0 saturated heterocycles. The van der Waals surface area contributed by atoms with Gasteiger partial charge in [0.05, 0.1) is 17.3 Å². The van der Waals surface area contributed by atoms with Gasteiger partial charge in [-0.05, 0) is 12.5 Å². The molecule has 0 spiro atoms. The van der Waals surface area contributed by atoms with E-state index in [1.807, 2.05) is 6.92 Å². The van der Waals surface area contributed by atoms with Crippen LogP contribution in [0, 0.1) is 18.3 Å². The number of aromatic nitrogens is 3. The van der Waals surface area contributed by atoms with E-state index in [0.717, 1.165) is 11.1 Å². The second-order valence-corrected chi connectivity index (χ2v) is 2.52. The summed E-state index contributed by atoms with van der Waals surface area (Å²) in [4.78, 5) is 3.88. The molecule has 0 unspecified atom stereocenters. The van der Waals surface area contributed by atoms with E-state index in [1.54, 1.807) is 16.9 Å². The first-order chi connectivity index (χ1) is 5.83. The van der Waals surface area contributed by atoms with Crippen molar-refractivity contribution in [1.82, 2.24) is 14.6 Å². The fourth-order valence-corrected chi connectivity index (χ4v) is 1.15. The predicted molar refractivity (Wildman–Crippen MR) is 42.4 cm³/mol. The Morgan fingerprint density at radius 3 is 3.08 bits per heavy atom. The van der Waals surface area contributed by atoms with Crippen molar-refractivity contribution in [2.75, 3.05) is 0 Å². The van der Waals surface area contributed by atoms with Gasteiger partial charge in [0.15, 0.2) is 0 Å². The van der Waals surface area contributed by atoms with Gasteiger partial charge in [-0.2, -0.15) is 10.4 Å². The van der Waals surface area contributed by atoms with E-state index in [1.165, 1.54) is 6.33 Å². The number of hydrogen-bond donors (Lipinski definition) is 0. The van der Waals surface area contributed by atoms with Crippen LogP contribution in [0.2, 0.25) is 0 Å². The van der Waals surface area contributed by atoms with Gasteiger partial charge in [-0.15, -0.1) is 0 Å². The van der Waals surface area contributed by atoms with Gasteiger partial charge in [0.25, 0.3) is 0 Å². The molecule has 2 aromatic heterocycles. The van der Waals surface area contributed by atoms with Crippen molar-refractivity contribution in [2.24, 2.45) is 0 Å².